The largest absolute Gasteiger partial charge is 0.360 e. The zero-order chi connectivity index (χ0) is 10.6. The summed E-state index contributed by atoms with van der Waals surface area (Å²) in [6, 6.07) is 0. The van der Waals surface area contributed by atoms with Crippen LogP contribution in [0.25, 0.3) is 0 Å². The van der Waals surface area contributed by atoms with Gasteiger partial charge in [-0.15, -0.1) is 0 Å². The zero-order valence-electron chi connectivity index (χ0n) is 8.58. The third-order valence-corrected chi connectivity index (χ3v) is 3.57. The van der Waals surface area contributed by atoms with Crippen molar-refractivity contribution in [3.05, 3.63) is 22.3 Å². The van der Waals surface area contributed by atoms with E-state index < -0.39 is 11.1 Å². The van der Waals surface area contributed by atoms with E-state index in [1.54, 1.807) is 0 Å². The molecule has 2 atom stereocenters. The number of nitrogens with zero attached hydrogens (tertiary/aromatic N) is 1. The van der Waals surface area contributed by atoms with E-state index in [-0.39, 0.29) is 11.0 Å². The first kappa shape index (κ1) is 9.65. The molecule has 0 aromatic heterocycles. The number of rotatable bonds is 1. The molecular weight excluding hydrogens is 182 g/mol. The van der Waals surface area contributed by atoms with Crippen LogP contribution < -0.4 is 0 Å². The lowest BCUT2D eigenvalue weighted by molar-refractivity contribution is -0.561. The molecule has 1 saturated carbocycles. The van der Waals surface area contributed by atoms with Crippen LogP contribution in [0.15, 0.2) is 12.2 Å². The third-order valence-electron chi connectivity index (χ3n) is 3.57. The lowest BCUT2D eigenvalue weighted by Crippen LogP contribution is -2.43. The minimum atomic E-state index is -0.997. The maximum absolute atomic E-state index is 11.2. The van der Waals surface area contributed by atoms with Crippen molar-refractivity contribution >= 4 is 0 Å². The summed E-state index contributed by atoms with van der Waals surface area (Å²) >= 11 is 0. The molecule has 0 unspecified atom stereocenters. The van der Waals surface area contributed by atoms with Crippen molar-refractivity contribution in [2.75, 3.05) is 0 Å². The van der Waals surface area contributed by atoms with Crippen LogP contribution in [-0.4, -0.2) is 22.2 Å². The Morgan fingerprint density at radius 2 is 2.29 bits per heavy atom. The van der Waals surface area contributed by atoms with E-state index in [1.807, 2.05) is 13.8 Å². The van der Waals surface area contributed by atoms with Gasteiger partial charge in [-0.05, 0) is 26.7 Å². The SMILES string of the molecule is C=C1C(C)(C)O[C@@H]2CCC[C@]12[N+](=O)[O-]. The smallest absolute Gasteiger partial charge is 0.271 e. The monoisotopic (exact) mass is 197 g/mol. The molecule has 0 aromatic carbocycles. The van der Waals surface area contributed by atoms with Crippen LogP contribution in [0, 0.1) is 10.1 Å². The van der Waals surface area contributed by atoms with Gasteiger partial charge in [0.05, 0.1) is 5.60 Å². The van der Waals surface area contributed by atoms with Crippen LogP contribution in [0.4, 0.5) is 0 Å². The summed E-state index contributed by atoms with van der Waals surface area (Å²) in [4.78, 5) is 11.0. The van der Waals surface area contributed by atoms with Crippen molar-refractivity contribution in [3.63, 3.8) is 0 Å². The molecule has 1 aliphatic heterocycles. The Bertz CT molecular complexity index is 310. The Balaban J connectivity index is 2.46. The average molecular weight is 197 g/mol. The topological polar surface area (TPSA) is 52.4 Å². The van der Waals surface area contributed by atoms with Crippen LogP contribution in [0.5, 0.6) is 0 Å². The highest BCUT2D eigenvalue weighted by Gasteiger charge is 2.66. The molecule has 78 valence electrons. The molecular formula is C10H15NO3. The lowest BCUT2D eigenvalue weighted by Gasteiger charge is -2.21. The number of hydrogen-bond acceptors (Lipinski definition) is 3. The van der Waals surface area contributed by atoms with Gasteiger partial charge in [0.1, 0.15) is 6.10 Å². The van der Waals surface area contributed by atoms with E-state index in [2.05, 4.69) is 6.58 Å². The summed E-state index contributed by atoms with van der Waals surface area (Å²) in [7, 11) is 0. The van der Waals surface area contributed by atoms with Gasteiger partial charge in [-0.3, -0.25) is 10.1 Å². The molecule has 0 N–H and O–H groups in total. The lowest BCUT2D eigenvalue weighted by atomic mass is 9.83. The highest BCUT2D eigenvalue weighted by molar-refractivity contribution is 5.31. The first-order chi connectivity index (χ1) is 6.41. The third kappa shape index (κ3) is 0.919. The highest BCUT2D eigenvalue weighted by Crippen LogP contribution is 2.51. The molecule has 4 heteroatoms. The summed E-state index contributed by atoms with van der Waals surface area (Å²) in [5, 5.41) is 11.2. The van der Waals surface area contributed by atoms with E-state index in [0.29, 0.717) is 12.0 Å². The standard InChI is InChI=1S/C10H15NO3/c1-7-9(2,3)14-8-5-4-6-10(7,8)11(12)13/h8H,1,4-6H2,2-3H3/t8-,10+/m1/s1. The Hall–Kier alpha value is -0.900. The molecule has 2 rings (SSSR count). The molecule has 0 radical (unpaired) electrons. The van der Waals surface area contributed by atoms with Gasteiger partial charge >= 0.3 is 0 Å². The van der Waals surface area contributed by atoms with Crippen LogP contribution in [-0.2, 0) is 4.74 Å². The quantitative estimate of drug-likeness (QED) is 0.366. The average Bonchev–Trinajstić information content (AvgIpc) is 2.53. The molecule has 2 aliphatic rings. The van der Waals surface area contributed by atoms with E-state index >= 15 is 0 Å². The number of fused-ring (bicyclic) bond motifs is 1. The summed E-state index contributed by atoms with van der Waals surface area (Å²) in [6.07, 6.45) is 1.96. The molecule has 2 fully saturated rings. The van der Waals surface area contributed by atoms with Gasteiger partial charge in [0.2, 0.25) is 0 Å². The highest BCUT2D eigenvalue weighted by atomic mass is 16.6. The van der Waals surface area contributed by atoms with Crippen LogP contribution >= 0.6 is 0 Å². The molecule has 0 spiro atoms. The van der Waals surface area contributed by atoms with Crippen molar-refractivity contribution in [1.29, 1.82) is 0 Å². The van der Waals surface area contributed by atoms with Crippen molar-refractivity contribution in [3.8, 4) is 0 Å². The minimum absolute atomic E-state index is 0.193. The molecule has 0 amide bonds. The Morgan fingerprint density at radius 1 is 1.64 bits per heavy atom. The number of nitro groups is 1. The number of ether oxygens (including phenoxy) is 1. The van der Waals surface area contributed by atoms with E-state index in [0.717, 1.165) is 12.8 Å². The molecule has 1 saturated heterocycles. The molecule has 0 aromatic rings. The van der Waals surface area contributed by atoms with Gasteiger partial charge in [0, 0.05) is 16.9 Å². The van der Waals surface area contributed by atoms with Gasteiger partial charge in [0.15, 0.2) is 0 Å². The second kappa shape index (κ2) is 2.57. The predicted molar refractivity (Wildman–Crippen MR) is 51.7 cm³/mol. The Labute approximate surface area is 83.1 Å². The minimum Gasteiger partial charge on any atom is -0.360 e. The van der Waals surface area contributed by atoms with E-state index in [9.17, 15) is 10.1 Å². The maximum atomic E-state index is 11.2. The van der Waals surface area contributed by atoms with Gasteiger partial charge < -0.3 is 4.74 Å². The first-order valence-electron chi connectivity index (χ1n) is 4.93. The summed E-state index contributed by atoms with van der Waals surface area (Å²) in [6.45, 7) is 7.60. The first-order valence-corrected chi connectivity index (χ1v) is 4.93. The number of hydrogen-bond donors (Lipinski definition) is 0. The molecule has 1 aliphatic carbocycles. The molecule has 0 bridgehead atoms. The molecule has 4 nitrogen and oxygen atoms in total. The fraction of sp³-hybridized carbons (Fsp3) is 0.800. The van der Waals surface area contributed by atoms with E-state index in [4.69, 9.17) is 4.74 Å². The van der Waals surface area contributed by atoms with Crippen LogP contribution in [0.2, 0.25) is 0 Å². The van der Waals surface area contributed by atoms with Crippen molar-refractivity contribution < 1.29 is 9.66 Å². The Morgan fingerprint density at radius 3 is 2.79 bits per heavy atom. The van der Waals surface area contributed by atoms with Crippen LogP contribution in [0.3, 0.4) is 0 Å². The zero-order valence-corrected chi connectivity index (χ0v) is 8.58. The maximum Gasteiger partial charge on any atom is 0.271 e. The summed E-state index contributed by atoms with van der Waals surface area (Å²) < 4.78 is 5.71. The summed E-state index contributed by atoms with van der Waals surface area (Å²) in [5.41, 5.74) is -0.903. The van der Waals surface area contributed by atoms with Gasteiger partial charge in [-0.2, -0.15) is 0 Å². The van der Waals surface area contributed by atoms with Crippen molar-refractivity contribution in [2.24, 2.45) is 0 Å². The summed E-state index contributed by atoms with van der Waals surface area (Å²) in [5.74, 6) is 0. The van der Waals surface area contributed by atoms with Gasteiger partial charge in [-0.25, -0.2) is 0 Å². The fourth-order valence-electron chi connectivity index (χ4n) is 2.73. The van der Waals surface area contributed by atoms with Gasteiger partial charge in [0.25, 0.3) is 5.54 Å². The van der Waals surface area contributed by atoms with Crippen molar-refractivity contribution in [2.45, 2.75) is 50.4 Å². The predicted octanol–water partition coefficient (Wildman–Crippen LogP) is 1.92. The van der Waals surface area contributed by atoms with E-state index in [1.165, 1.54) is 0 Å². The molecule has 1 heterocycles. The second-order valence-corrected chi connectivity index (χ2v) is 4.67. The Kier molecular flexibility index (Phi) is 1.77. The van der Waals surface area contributed by atoms with Gasteiger partial charge in [-0.1, -0.05) is 6.58 Å². The normalized spacial score (nSPS) is 39.9. The van der Waals surface area contributed by atoms with Crippen molar-refractivity contribution in [1.82, 2.24) is 0 Å². The van der Waals surface area contributed by atoms with Crippen LogP contribution in [0.1, 0.15) is 33.1 Å². The molecule has 14 heavy (non-hydrogen) atoms. The second-order valence-electron chi connectivity index (χ2n) is 4.67. The fourth-order valence-corrected chi connectivity index (χ4v) is 2.73.